The highest BCUT2D eigenvalue weighted by Gasteiger charge is 2.51. The molecule has 0 N–H and O–H groups in total. The van der Waals surface area contributed by atoms with Crippen molar-refractivity contribution in [2.45, 2.75) is 46.0 Å². The summed E-state index contributed by atoms with van der Waals surface area (Å²) in [7, 11) is 0. The van der Waals surface area contributed by atoms with Crippen molar-refractivity contribution < 1.29 is 0 Å². The van der Waals surface area contributed by atoms with Gasteiger partial charge in [-0.05, 0) is 48.9 Å². The molecule has 0 aromatic rings. The zero-order valence-electron chi connectivity index (χ0n) is 8.71. The van der Waals surface area contributed by atoms with Crippen molar-refractivity contribution in [1.82, 2.24) is 0 Å². The summed E-state index contributed by atoms with van der Waals surface area (Å²) < 4.78 is 0. The van der Waals surface area contributed by atoms with Crippen molar-refractivity contribution in [2.75, 3.05) is 0 Å². The van der Waals surface area contributed by atoms with Gasteiger partial charge in [-0.25, -0.2) is 0 Å². The van der Waals surface area contributed by atoms with E-state index >= 15 is 0 Å². The zero-order chi connectivity index (χ0) is 9.47. The Labute approximate surface area is 81.1 Å². The molecule has 72 valence electrons. The van der Waals surface area contributed by atoms with Crippen molar-refractivity contribution in [3.63, 3.8) is 0 Å². The van der Waals surface area contributed by atoms with Crippen LogP contribution in [0.15, 0.2) is 0 Å². The lowest BCUT2D eigenvalue weighted by Crippen LogP contribution is -2.30. The van der Waals surface area contributed by atoms with E-state index in [2.05, 4.69) is 19.9 Å². The molecular formula is C12H19N. The first-order valence-corrected chi connectivity index (χ1v) is 5.53. The fourth-order valence-electron chi connectivity index (χ4n) is 3.80. The SMILES string of the molecule is CC1(C)[C@H]2CC[C@H](C2)[C@@H]1CCC#N. The molecular weight excluding hydrogens is 158 g/mol. The van der Waals surface area contributed by atoms with E-state index in [1.54, 1.807) is 0 Å². The van der Waals surface area contributed by atoms with Gasteiger partial charge in [-0.3, -0.25) is 0 Å². The number of rotatable bonds is 2. The summed E-state index contributed by atoms with van der Waals surface area (Å²) in [6.07, 6.45) is 6.23. The van der Waals surface area contributed by atoms with Gasteiger partial charge < -0.3 is 0 Å². The van der Waals surface area contributed by atoms with Gasteiger partial charge in [-0.1, -0.05) is 13.8 Å². The van der Waals surface area contributed by atoms with Crippen molar-refractivity contribution >= 4 is 0 Å². The monoisotopic (exact) mass is 177 g/mol. The molecule has 0 amide bonds. The van der Waals surface area contributed by atoms with Gasteiger partial charge in [0.2, 0.25) is 0 Å². The highest BCUT2D eigenvalue weighted by atomic mass is 14.6. The minimum Gasteiger partial charge on any atom is -0.198 e. The number of hydrogen-bond acceptors (Lipinski definition) is 1. The Kier molecular flexibility index (Phi) is 2.10. The van der Waals surface area contributed by atoms with Gasteiger partial charge in [0, 0.05) is 6.42 Å². The summed E-state index contributed by atoms with van der Waals surface area (Å²) in [5.74, 6) is 2.75. The molecule has 0 radical (unpaired) electrons. The van der Waals surface area contributed by atoms with Crippen LogP contribution >= 0.6 is 0 Å². The van der Waals surface area contributed by atoms with Gasteiger partial charge in [-0.15, -0.1) is 0 Å². The second-order valence-corrected chi connectivity index (χ2v) is 5.39. The summed E-state index contributed by atoms with van der Waals surface area (Å²) >= 11 is 0. The van der Waals surface area contributed by atoms with Gasteiger partial charge in [-0.2, -0.15) is 5.26 Å². The summed E-state index contributed by atoms with van der Waals surface area (Å²) in [4.78, 5) is 0. The number of fused-ring (bicyclic) bond motifs is 2. The average molecular weight is 177 g/mol. The average Bonchev–Trinajstić information content (AvgIpc) is 2.60. The van der Waals surface area contributed by atoms with Crippen LogP contribution < -0.4 is 0 Å². The van der Waals surface area contributed by atoms with E-state index < -0.39 is 0 Å². The maximum atomic E-state index is 8.62. The molecule has 1 nitrogen and oxygen atoms in total. The van der Waals surface area contributed by atoms with Crippen LogP contribution in [0.4, 0.5) is 0 Å². The molecule has 2 aliphatic carbocycles. The Morgan fingerprint density at radius 3 is 2.69 bits per heavy atom. The van der Waals surface area contributed by atoms with E-state index in [1.165, 1.54) is 19.3 Å². The molecule has 0 aliphatic heterocycles. The van der Waals surface area contributed by atoms with Crippen LogP contribution in [0.5, 0.6) is 0 Å². The van der Waals surface area contributed by atoms with Gasteiger partial charge in [0.05, 0.1) is 6.07 Å². The van der Waals surface area contributed by atoms with Crippen molar-refractivity contribution in [3.05, 3.63) is 0 Å². The lowest BCUT2D eigenvalue weighted by atomic mass is 9.67. The maximum absolute atomic E-state index is 8.62. The highest BCUT2D eigenvalue weighted by molar-refractivity contribution is 5.02. The molecule has 2 saturated carbocycles. The number of hydrogen-bond donors (Lipinski definition) is 0. The largest absolute Gasteiger partial charge is 0.198 e. The molecule has 2 rings (SSSR count). The van der Waals surface area contributed by atoms with E-state index in [1.807, 2.05) is 0 Å². The minimum atomic E-state index is 0.528. The smallest absolute Gasteiger partial charge is 0.0621 e. The lowest BCUT2D eigenvalue weighted by molar-refractivity contribution is 0.115. The van der Waals surface area contributed by atoms with E-state index in [4.69, 9.17) is 5.26 Å². The summed E-state index contributed by atoms with van der Waals surface area (Å²) in [5, 5.41) is 8.62. The van der Waals surface area contributed by atoms with Crippen LogP contribution in [0.3, 0.4) is 0 Å². The molecule has 0 unspecified atom stereocenters. The van der Waals surface area contributed by atoms with Crippen LogP contribution in [0.1, 0.15) is 46.0 Å². The first-order valence-electron chi connectivity index (χ1n) is 5.53. The fourth-order valence-corrected chi connectivity index (χ4v) is 3.80. The lowest BCUT2D eigenvalue weighted by Gasteiger charge is -2.38. The molecule has 0 aromatic heterocycles. The second-order valence-electron chi connectivity index (χ2n) is 5.39. The van der Waals surface area contributed by atoms with E-state index in [-0.39, 0.29) is 0 Å². The fraction of sp³-hybridized carbons (Fsp3) is 0.917. The Hall–Kier alpha value is -0.510. The normalized spacial score (nSPS) is 40.5. The molecule has 2 bridgehead atoms. The minimum absolute atomic E-state index is 0.528. The summed E-state index contributed by atoms with van der Waals surface area (Å²) in [5.41, 5.74) is 0.528. The Morgan fingerprint density at radius 1 is 1.38 bits per heavy atom. The summed E-state index contributed by atoms with van der Waals surface area (Å²) in [6, 6.07) is 2.29. The van der Waals surface area contributed by atoms with Crippen molar-refractivity contribution in [1.29, 1.82) is 5.26 Å². The Balaban J connectivity index is 2.06. The first kappa shape index (κ1) is 9.06. The van der Waals surface area contributed by atoms with E-state index in [9.17, 15) is 0 Å². The first-order chi connectivity index (χ1) is 6.16. The summed E-state index contributed by atoms with van der Waals surface area (Å²) in [6.45, 7) is 4.83. The molecule has 1 heteroatoms. The Bertz CT molecular complexity index is 236. The molecule has 0 aromatic carbocycles. The molecule has 0 saturated heterocycles. The second kappa shape index (κ2) is 3.01. The topological polar surface area (TPSA) is 23.8 Å². The van der Waals surface area contributed by atoms with Gasteiger partial charge in [0.1, 0.15) is 0 Å². The van der Waals surface area contributed by atoms with Crippen molar-refractivity contribution in [3.8, 4) is 6.07 Å². The molecule has 0 spiro atoms. The van der Waals surface area contributed by atoms with Crippen molar-refractivity contribution in [2.24, 2.45) is 23.2 Å². The van der Waals surface area contributed by atoms with Crippen LogP contribution in [-0.4, -0.2) is 0 Å². The maximum Gasteiger partial charge on any atom is 0.0621 e. The molecule has 3 atom stereocenters. The third-order valence-corrected chi connectivity index (χ3v) is 4.62. The third-order valence-electron chi connectivity index (χ3n) is 4.62. The van der Waals surface area contributed by atoms with Gasteiger partial charge in [0.15, 0.2) is 0 Å². The van der Waals surface area contributed by atoms with Gasteiger partial charge >= 0.3 is 0 Å². The highest BCUT2D eigenvalue weighted by Crippen LogP contribution is 2.60. The van der Waals surface area contributed by atoms with Crippen LogP contribution in [0.2, 0.25) is 0 Å². The zero-order valence-corrected chi connectivity index (χ0v) is 8.71. The standard InChI is InChI=1S/C12H19N/c1-12(2)10-6-5-9(8-10)11(12)4-3-7-13/h9-11H,3-6,8H2,1-2H3/t9-,10+,11+/m1/s1. The Morgan fingerprint density at radius 2 is 2.15 bits per heavy atom. The molecule has 13 heavy (non-hydrogen) atoms. The predicted molar refractivity (Wildman–Crippen MR) is 52.9 cm³/mol. The van der Waals surface area contributed by atoms with Crippen LogP contribution in [0.25, 0.3) is 0 Å². The number of nitrogens with zero attached hydrogens (tertiary/aromatic N) is 1. The predicted octanol–water partition coefficient (Wildman–Crippen LogP) is 3.36. The molecule has 2 fully saturated rings. The number of nitriles is 1. The molecule has 2 aliphatic rings. The third kappa shape index (κ3) is 1.27. The van der Waals surface area contributed by atoms with E-state index in [0.29, 0.717) is 5.41 Å². The quantitative estimate of drug-likeness (QED) is 0.634. The van der Waals surface area contributed by atoms with Crippen LogP contribution in [0, 0.1) is 34.5 Å². The van der Waals surface area contributed by atoms with Crippen LogP contribution in [-0.2, 0) is 0 Å². The van der Waals surface area contributed by atoms with E-state index in [0.717, 1.165) is 30.6 Å². The van der Waals surface area contributed by atoms with Gasteiger partial charge in [0.25, 0.3) is 0 Å². The molecule has 0 heterocycles.